The molecule has 17 heteroatoms. The number of nitrogens with zero attached hydrogens (tertiary/aromatic N) is 7. The number of unbranched alkanes of at least 4 members (excludes halogenated alkanes) is 1. The highest BCUT2D eigenvalue weighted by Gasteiger charge is 2.53. The Labute approximate surface area is 242 Å². The predicted octanol–water partition coefficient (Wildman–Crippen LogP) is -1.66. The Morgan fingerprint density at radius 3 is 2.90 bits per heavy atom. The van der Waals surface area contributed by atoms with Crippen molar-refractivity contribution in [2.45, 2.75) is 44.3 Å². The first-order valence-corrected chi connectivity index (χ1v) is 14.7. The van der Waals surface area contributed by atoms with Crippen LogP contribution in [0.15, 0.2) is 41.1 Å². The first-order valence-electron chi connectivity index (χ1n) is 12.9. The number of hydrogen-bond donors (Lipinski definition) is 3. The number of aliphatic carboxylic acids is 1. The Hall–Kier alpha value is -4.09. The van der Waals surface area contributed by atoms with Gasteiger partial charge in [0.25, 0.3) is 11.8 Å². The molecule has 5 heterocycles. The molecule has 3 aromatic heterocycles. The Morgan fingerprint density at radius 1 is 1.37 bits per heavy atom. The number of hydrogen-bond acceptors (Lipinski definition) is 13. The minimum Gasteiger partial charge on any atom is -0.543 e. The SMILES string of the molecule is CCO/N=C(/C(=O)NC1C(=O)N2C(C(=O)[O-])=C(C[n+]3cccc4c3ncn4CCCCN)CSC12)c1nsc(N)n1. The number of β-lactam (4-membered cyclic amide) rings is 1. The Bertz CT molecular complexity index is 1550. The molecular weight excluding hydrogens is 572 g/mol. The number of oxime groups is 1. The molecule has 0 saturated carbocycles. The van der Waals surface area contributed by atoms with Gasteiger partial charge >= 0.3 is 5.65 Å². The van der Waals surface area contributed by atoms with Crippen molar-refractivity contribution in [3.8, 4) is 0 Å². The number of imidazole rings is 1. The minimum atomic E-state index is -1.47. The molecule has 2 unspecified atom stereocenters. The van der Waals surface area contributed by atoms with Crippen molar-refractivity contribution in [3.05, 3.63) is 41.8 Å². The number of carbonyl (C=O) groups is 3. The third kappa shape index (κ3) is 5.59. The molecule has 41 heavy (non-hydrogen) atoms. The number of aromatic nitrogens is 5. The van der Waals surface area contributed by atoms with Gasteiger partial charge in [0.2, 0.25) is 17.9 Å². The lowest BCUT2D eigenvalue weighted by Gasteiger charge is -2.50. The van der Waals surface area contributed by atoms with Crippen molar-refractivity contribution in [1.82, 2.24) is 29.1 Å². The highest BCUT2D eigenvalue weighted by molar-refractivity contribution is 8.00. The molecule has 0 aliphatic carbocycles. The fourth-order valence-electron chi connectivity index (χ4n) is 4.67. The van der Waals surface area contributed by atoms with Crippen molar-refractivity contribution < 1.29 is 28.9 Å². The van der Waals surface area contributed by atoms with E-state index in [-0.39, 0.29) is 35.5 Å². The van der Waals surface area contributed by atoms with E-state index in [1.165, 1.54) is 11.8 Å². The molecule has 3 aromatic rings. The highest BCUT2D eigenvalue weighted by Crippen LogP contribution is 2.40. The van der Waals surface area contributed by atoms with Gasteiger partial charge in [0.05, 0.1) is 17.9 Å². The van der Waals surface area contributed by atoms with Gasteiger partial charge in [-0.05, 0) is 43.4 Å². The topological polar surface area (TPSA) is 211 Å². The number of carbonyl (C=O) groups excluding carboxylic acids is 3. The third-order valence-electron chi connectivity index (χ3n) is 6.55. The summed E-state index contributed by atoms with van der Waals surface area (Å²) in [6.07, 6.45) is 5.38. The summed E-state index contributed by atoms with van der Waals surface area (Å²) < 4.78 is 7.88. The number of nitrogens with one attached hydrogen (secondary N) is 1. The minimum absolute atomic E-state index is 0.0380. The quantitative estimate of drug-likeness (QED) is 0.0704. The summed E-state index contributed by atoms with van der Waals surface area (Å²) >= 11 is 2.22. The van der Waals surface area contributed by atoms with Crippen molar-refractivity contribution in [2.75, 3.05) is 24.6 Å². The summed E-state index contributed by atoms with van der Waals surface area (Å²) in [6.45, 7) is 3.45. The zero-order chi connectivity index (χ0) is 29.1. The van der Waals surface area contributed by atoms with E-state index < -0.39 is 29.2 Å². The van der Waals surface area contributed by atoms with Crippen LogP contribution >= 0.6 is 23.3 Å². The number of nitrogens with two attached hydrogens (primary N) is 2. The summed E-state index contributed by atoms with van der Waals surface area (Å²) in [5.74, 6) is -2.53. The Balaban J connectivity index is 1.35. The molecule has 2 aliphatic heterocycles. The van der Waals surface area contributed by atoms with E-state index in [1.807, 2.05) is 27.5 Å². The molecule has 0 radical (unpaired) electrons. The van der Waals surface area contributed by atoms with Crippen molar-refractivity contribution in [3.63, 3.8) is 0 Å². The van der Waals surface area contributed by atoms with Crippen LogP contribution in [0.4, 0.5) is 5.13 Å². The molecule has 0 aromatic carbocycles. The van der Waals surface area contributed by atoms with Crippen LogP contribution < -0.4 is 26.5 Å². The zero-order valence-electron chi connectivity index (χ0n) is 22.1. The normalized spacial score (nSPS) is 18.8. The zero-order valence-corrected chi connectivity index (χ0v) is 23.7. The van der Waals surface area contributed by atoms with Gasteiger partial charge < -0.3 is 36.1 Å². The van der Waals surface area contributed by atoms with Gasteiger partial charge in [-0.25, -0.2) is 4.57 Å². The monoisotopic (exact) mass is 600 g/mol. The first-order chi connectivity index (χ1) is 19.8. The smallest absolute Gasteiger partial charge is 0.349 e. The molecule has 2 amide bonds. The summed E-state index contributed by atoms with van der Waals surface area (Å²) in [7, 11) is 0. The third-order valence-corrected chi connectivity index (χ3v) is 8.43. The average molecular weight is 601 g/mol. The molecule has 2 atom stereocenters. The molecular formula is C24H28N10O5S2. The number of aryl methyl sites for hydroxylation is 1. The number of pyridine rings is 1. The molecule has 15 nitrogen and oxygen atoms in total. The van der Waals surface area contributed by atoms with Crippen LogP contribution in [-0.2, 0) is 32.3 Å². The lowest BCUT2D eigenvalue weighted by molar-refractivity contribution is -0.664. The molecule has 2 aliphatic rings. The van der Waals surface area contributed by atoms with E-state index in [2.05, 4.69) is 24.8 Å². The molecule has 1 saturated heterocycles. The number of rotatable bonds is 12. The van der Waals surface area contributed by atoms with Crippen molar-refractivity contribution in [2.24, 2.45) is 10.9 Å². The number of fused-ring (bicyclic) bond motifs is 2. The lowest BCUT2D eigenvalue weighted by Crippen LogP contribution is -2.71. The van der Waals surface area contributed by atoms with Crippen LogP contribution in [0.25, 0.3) is 11.2 Å². The van der Waals surface area contributed by atoms with E-state index in [0.29, 0.717) is 23.5 Å². The maximum Gasteiger partial charge on any atom is 0.349 e. The highest BCUT2D eigenvalue weighted by atomic mass is 32.2. The molecule has 1 fully saturated rings. The van der Waals surface area contributed by atoms with Crippen molar-refractivity contribution in [1.29, 1.82) is 0 Å². The molecule has 5 rings (SSSR count). The van der Waals surface area contributed by atoms with Crippen LogP contribution in [0.2, 0.25) is 0 Å². The van der Waals surface area contributed by atoms with Gasteiger partial charge in [-0.15, -0.1) is 11.8 Å². The summed E-state index contributed by atoms with van der Waals surface area (Å²) in [5.41, 5.74) is 12.9. The van der Waals surface area contributed by atoms with Gasteiger partial charge in [0, 0.05) is 29.4 Å². The second-order valence-corrected chi connectivity index (χ2v) is 11.1. The Kier molecular flexibility index (Phi) is 8.46. The molecule has 5 N–H and O–H groups in total. The number of anilines is 1. The maximum atomic E-state index is 13.2. The summed E-state index contributed by atoms with van der Waals surface area (Å²) in [5, 5.41) is 18.2. The van der Waals surface area contributed by atoms with Gasteiger partial charge in [-0.1, -0.05) is 5.16 Å². The molecule has 0 spiro atoms. The number of thioether (sulfide) groups is 1. The second kappa shape index (κ2) is 12.2. The fourth-order valence-corrected chi connectivity index (χ4v) is 6.44. The number of amides is 2. The van der Waals surface area contributed by atoms with Gasteiger partial charge in [0.1, 0.15) is 30.1 Å². The van der Waals surface area contributed by atoms with E-state index >= 15 is 0 Å². The van der Waals surface area contributed by atoms with Gasteiger partial charge in [-0.3, -0.25) is 14.5 Å². The van der Waals surface area contributed by atoms with Crippen LogP contribution in [0.1, 0.15) is 25.6 Å². The van der Waals surface area contributed by atoms with Crippen LogP contribution in [-0.4, -0.2) is 77.6 Å². The van der Waals surface area contributed by atoms with Gasteiger partial charge in [0.15, 0.2) is 5.13 Å². The van der Waals surface area contributed by atoms with Crippen LogP contribution in [0.5, 0.6) is 0 Å². The van der Waals surface area contributed by atoms with E-state index in [4.69, 9.17) is 16.3 Å². The second-order valence-electron chi connectivity index (χ2n) is 9.19. The predicted molar refractivity (Wildman–Crippen MR) is 148 cm³/mol. The van der Waals surface area contributed by atoms with Crippen LogP contribution in [0.3, 0.4) is 0 Å². The van der Waals surface area contributed by atoms with E-state index in [1.54, 1.807) is 13.3 Å². The molecule has 216 valence electrons. The van der Waals surface area contributed by atoms with E-state index in [0.717, 1.165) is 41.3 Å². The number of nitrogen functional groups attached to an aromatic ring is 1. The molecule has 0 bridgehead atoms. The van der Waals surface area contributed by atoms with Crippen molar-refractivity contribution >= 4 is 63.1 Å². The van der Waals surface area contributed by atoms with Crippen LogP contribution in [0, 0.1) is 0 Å². The largest absolute Gasteiger partial charge is 0.543 e. The van der Waals surface area contributed by atoms with Gasteiger partial charge in [-0.2, -0.15) is 9.36 Å². The first kappa shape index (κ1) is 28.4. The fraction of sp³-hybridized carbons (Fsp3) is 0.417. The van der Waals surface area contributed by atoms with E-state index in [9.17, 15) is 19.5 Å². The standard InChI is InChI=1S/C24H28N10O5S2/c1-2-39-30-15(18-29-24(26)41-31-18)20(35)28-16-21(36)34-17(23(37)38)13(11-40-22(16)34)10-32-9-5-6-14-19(32)27-12-33(14)8-4-3-7-25/h5-6,9,12,16,22H,2-4,7-8,10-11,25H2,1H3,(H3-,26,28,29,31,35,37,38)/b30-15+. The summed E-state index contributed by atoms with van der Waals surface area (Å²) in [6, 6.07) is 2.83. The maximum absolute atomic E-state index is 13.2. The lowest BCUT2D eigenvalue weighted by atomic mass is 10.0. The average Bonchev–Trinajstić information content (AvgIpc) is 3.58. The Morgan fingerprint density at radius 2 is 2.20 bits per heavy atom. The summed E-state index contributed by atoms with van der Waals surface area (Å²) in [4.78, 5) is 53.2. The number of carboxylic acid groups (broad SMARTS) is 1. The number of carboxylic acids is 1.